The topological polar surface area (TPSA) is 12.5 Å². The van der Waals surface area contributed by atoms with E-state index in [9.17, 15) is 0 Å². The predicted octanol–water partition coefficient (Wildman–Crippen LogP) is 6.16. The lowest BCUT2D eigenvalue weighted by atomic mass is 9.87. The van der Waals surface area contributed by atoms with Crippen molar-refractivity contribution >= 4 is 21.5 Å². The molecule has 0 aromatic heterocycles. The quantitative estimate of drug-likeness (QED) is 0.377. The van der Waals surface area contributed by atoms with Crippen LogP contribution in [0, 0.1) is 0 Å². The zero-order valence-electron chi connectivity index (χ0n) is 16.9. The van der Waals surface area contributed by atoms with Crippen molar-refractivity contribution in [2.75, 3.05) is 27.2 Å². The molecular formula is C26H27NO. The van der Waals surface area contributed by atoms with Gasteiger partial charge in [-0.25, -0.2) is 0 Å². The third-order valence-corrected chi connectivity index (χ3v) is 5.34. The van der Waals surface area contributed by atoms with Crippen LogP contribution in [0.5, 0.6) is 5.75 Å². The van der Waals surface area contributed by atoms with Gasteiger partial charge in [0, 0.05) is 6.54 Å². The van der Waals surface area contributed by atoms with Crippen LogP contribution in [0.25, 0.3) is 32.7 Å². The number of benzene rings is 4. The lowest BCUT2D eigenvalue weighted by Gasteiger charge is -2.17. The minimum absolute atomic E-state index is 0.700. The first kappa shape index (κ1) is 18.5. The monoisotopic (exact) mass is 369 g/mol. The summed E-state index contributed by atoms with van der Waals surface area (Å²) in [5.74, 6) is 0.925. The van der Waals surface area contributed by atoms with Gasteiger partial charge in [-0.3, -0.25) is 0 Å². The molecule has 0 heterocycles. The van der Waals surface area contributed by atoms with Crippen LogP contribution in [0.3, 0.4) is 0 Å². The van der Waals surface area contributed by atoms with Crippen LogP contribution in [-0.2, 0) is 6.42 Å². The fourth-order valence-electron chi connectivity index (χ4n) is 3.98. The highest BCUT2D eigenvalue weighted by Crippen LogP contribution is 2.39. The Labute approximate surface area is 167 Å². The third kappa shape index (κ3) is 3.48. The number of hydrogen-bond donors (Lipinski definition) is 0. The van der Waals surface area contributed by atoms with Crippen molar-refractivity contribution in [3.05, 3.63) is 78.4 Å². The van der Waals surface area contributed by atoms with Gasteiger partial charge >= 0.3 is 0 Å². The zero-order valence-corrected chi connectivity index (χ0v) is 16.9. The SMILES string of the molecule is CCc1c(-c2ccc(OCCN(C)C)cc2)c2ccccc2c2ccccc12. The highest BCUT2D eigenvalue weighted by molar-refractivity contribution is 6.15. The van der Waals surface area contributed by atoms with Crippen LogP contribution >= 0.6 is 0 Å². The van der Waals surface area contributed by atoms with E-state index in [4.69, 9.17) is 4.74 Å². The summed E-state index contributed by atoms with van der Waals surface area (Å²) >= 11 is 0. The molecule has 4 aromatic rings. The summed E-state index contributed by atoms with van der Waals surface area (Å²) in [6, 6.07) is 26.1. The molecular weight excluding hydrogens is 342 g/mol. The second-order valence-corrected chi connectivity index (χ2v) is 7.47. The summed E-state index contributed by atoms with van der Waals surface area (Å²) < 4.78 is 5.88. The molecule has 0 unspecified atom stereocenters. The van der Waals surface area contributed by atoms with Crippen LogP contribution < -0.4 is 4.74 Å². The highest BCUT2D eigenvalue weighted by Gasteiger charge is 2.14. The van der Waals surface area contributed by atoms with E-state index < -0.39 is 0 Å². The summed E-state index contributed by atoms with van der Waals surface area (Å²) in [6.45, 7) is 3.86. The van der Waals surface area contributed by atoms with Gasteiger partial charge in [0.15, 0.2) is 0 Å². The normalized spacial score (nSPS) is 11.4. The highest BCUT2D eigenvalue weighted by atomic mass is 16.5. The average molecular weight is 370 g/mol. The molecule has 4 aromatic carbocycles. The van der Waals surface area contributed by atoms with Crippen LogP contribution in [0.4, 0.5) is 0 Å². The van der Waals surface area contributed by atoms with Gasteiger partial charge < -0.3 is 9.64 Å². The molecule has 0 bridgehead atoms. The summed E-state index contributed by atoms with van der Waals surface area (Å²) in [4.78, 5) is 2.13. The van der Waals surface area contributed by atoms with Crippen molar-refractivity contribution in [1.82, 2.24) is 4.90 Å². The molecule has 0 atom stereocenters. The predicted molar refractivity (Wildman–Crippen MR) is 120 cm³/mol. The molecule has 4 rings (SSSR count). The molecule has 0 amide bonds. The molecule has 2 heteroatoms. The van der Waals surface area contributed by atoms with Crippen LogP contribution in [-0.4, -0.2) is 32.1 Å². The largest absolute Gasteiger partial charge is 0.492 e. The van der Waals surface area contributed by atoms with Crippen molar-refractivity contribution < 1.29 is 4.74 Å². The summed E-state index contributed by atoms with van der Waals surface area (Å²) in [5.41, 5.74) is 4.01. The Bertz CT molecular complexity index is 1100. The number of aryl methyl sites for hydroxylation is 1. The fraction of sp³-hybridized carbons (Fsp3) is 0.231. The Morgan fingerprint density at radius 1 is 0.714 bits per heavy atom. The van der Waals surface area contributed by atoms with E-state index in [1.807, 2.05) is 0 Å². The van der Waals surface area contributed by atoms with Crippen molar-refractivity contribution in [3.63, 3.8) is 0 Å². The molecule has 0 aliphatic carbocycles. The molecule has 0 aliphatic heterocycles. The number of rotatable bonds is 6. The van der Waals surface area contributed by atoms with E-state index in [2.05, 4.69) is 98.7 Å². The smallest absolute Gasteiger partial charge is 0.119 e. The second kappa shape index (κ2) is 8.04. The van der Waals surface area contributed by atoms with Gasteiger partial charge in [0.05, 0.1) is 0 Å². The first-order valence-electron chi connectivity index (χ1n) is 9.99. The molecule has 0 saturated heterocycles. The van der Waals surface area contributed by atoms with Gasteiger partial charge in [-0.15, -0.1) is 0 Å². The summed E-state index contributed by atoms with van der Waals surface area (Å²) in [5, 5.41) is 5.32. The van der Waals surface area contributed by atoms with Gasteiger partial charge in [-0.2, -0.15) is 0 Å². The number of ether oxygens (including phenoxy) is 1. The molecule has 0 fully saturated rings. The number of nitrogens with zero attached hydrogens (tertiary/aromatic N) is 1. The fourth-order valence-corrected chi connectivity index (χ4v) is 3.98. The van der Waals surface area contributed by atoms with Crippen molar-refractivity contribution in [2.24, 2.45) is 0 Å². The van der Waals surface area contributed by atoms with E-state index in [0.29, 0.717) is 6.61 Å². The third-order valence-electron chi connectivity index (χ3n) is 5.34. The second-order valence-electron chi connectivity index (χ2n) is 7.47. The molecule has 0 saturated carbocycles. The Morgan fingerprint density at radius 3 is 1.89 bits per heavy atom. The minimum Gasteiger partial charge on any atom is -0.492 e. The lowest BCUT2D eigenvalue weighted by Crippen LogP contribution is -2.19. The van der Waals surface area contributed by atoms with E-state index >= 15 is 0 Å². The number of fused-ring (bicyclic) bond motifs is 3. The zero-order chi connectivity index (χ0) is 19.5. The lowest BCUT2D eigenvalue weighted by molar-refractivity contribution is 0.261. The van der Waals surface area contributed by atoms with Crippen LogP contribution in [0.1, 0.15) is 12.5 Å². The van der Waals surface area contributed by atoms with E-state index in [-0.39, 0.29) is 0 Å². The van der Waals surface area contributed by atoms with Gasteiger partial charge in [0.1, 0.15) is 12.4 Å². The van der Waals surface area contributed by atoms with Gasteiger partial charge in [-0.1, -0.05) is 67.6 Å². The maximum absolute atomic E-state index is 5.88. The van der Waals surface area contributed by atoms with Crippen molar-refractivity contribution in [1.29, 1.82) is 0 Å². The summed E-state index contributed by atoms with van der Waals surface area (Å²) in [7, 11) is 4.12. The Hall–Kier alpha value is -2.84. The molecule has 142 valence electrons. The van der Waals surface area contributed by atoms with Crippen molar-refractivity contribution in [3.8, 4) is 16.9 Å². The van der Waals surface area contributed by atoms with E-state index in [1.54, 1.807) is 0 Å². The van der Waals surface area contributed by atoms with Crippen molar-refractivity contribution in [2.45, 2.75) is 13.3 Å². The van der Waals surface area contributed by atoms with E-state index in [0.717, 1.165) is 18.7 Å². The Kier molecular flexibility index (Phi) is 5.31. The molecule has 0 aliphatic rings. The van der Waals surface area contributed by atoms with Gasteiger partial charge in [0.2, 0.25) is 0 Å². The van der Waals surface area contributed by atoms with Gasteiger partial charge in [0.25, 0.3) is 0 Å². The number of hydrogen-bond acceptors (Lipinski definition) is 2. The Balaban J connectivity index is 1.83. The molecule has 0 radical (unpaired) electrons. The first-order valence-corrected chi connectivity index (χ1v) is 9.99. The maximum Gasteiger partial charge on any atom is 0.119 e. The first-order chi connectivity index (χ1) is 13.7. The average Bonchev–Trinajstić information content (AvgIpc) is 2.73. The van der Waals surface area contributed by atoms with Gasteiger partial charge in [-0.05, 0) is 70.9 Å². The van der Waals surface area contributed by atoms with Crippen LogP contribution in [0.15, 0.2) is 72.8 Å². The molecule has 28 heavy (non-hydrogen) atoms. The molecule has 0 spiro atoms. The van der Waals surface area contributed by atoms with E-state index in [1.165, 1.54) is 38.2 Å². The standard InChI is InChI=1S/C26H27NO/c1-4-21-22-9-5-6-10-23(22)24-11-7-8-12-25(24)26(21)19-13-15-20(16-14-19)28-18-17-27(2)3/h5-16H,4,17-18H2,1-3H3. The Morgan fingerprint density at radius 2 is 1.29 bits per heavy atom. The van der Waals surface area contributed by atoms with Crippen LogP contribution in [0.2, 0.25) is 0 Å². The minimum atomic E-state index is 0.700. The summed E-state index contributed by atoms with van der Waals surface area (Å²) in [6.07, 6.45) is 1.00. The maximum atomic E-state index is 5.88. The number of likely N-dealkylation sites (N-methyl/N-ethyl adjacent to an activating group) is 1. The molecule has 2 nitrogen and oxygen atoms in total. The molecule has 0 N–H and O–H groups in total.